The van der Waals surface area contributed by atoms with Crippen molar-refractivity contribution in [3.8, 4) is 0 Å². The summed E-state index contributed by atoms with van der Waals surface area (Å²) >= 11 is 0. The maximum atomic E-state index is 13.3. The molecule has 3 rings (SSSR count). The van der Waals surface area contributed by atoms with E-state index in [1.807, 2.05) is 6.07 Å². The second kappa shape index (κ2) is 8.71. The Balaban J connectivity index is 1.41. The Labute approximate surface area is 147 Å². The summed E-state index contributed by atoms with van der Waals surface area (Å²) in [4.78, 5) is 18.5. The summed E-state index contributed by atoms with van der Waals surface area (Å²) in [5.41, 5.74) is 0.953. The lowest BCUT2D eigenvalue weighted by atomic mass is 9.96. The van der Waals surface area contributed by atoms with E-state index in [0.717, 1.165) is 44.5 Å². The molecule has 0 radical (unpaired) electrons. The highest BCUT2D eigenvalue weighted by Crippen LogP contribution is 2.19. The van der Waals surface area contributed by atoms with Crippen molar-refractivity contribution >= 4 is 5.91 Å². The average molecular weight is 345 g/mol. The SMILES string of the molecule is O=C(NCCCn1cncn1)[C@H]1CCCN(Cc2cccc(F)c2)C1. The van der Waals surface area contributed by atoms with Crippen molar-refractivity contribution in [1.82, 2.24) is 25.0 Å². The lowest BCUT2D eigenvalue weighted by molar-refractivity contribution is -0.126. The molecule has 1 aliphatic rings. The number of hydrogen-bond acceptors (Lipinski definition) is 4. The van der Waals surface area contributed by atoms with E-state index in [9.17, 15) is 9.18 Å². The molecule has 0 aliphatic carbocycles. The maximum absolute atomic E-state index is 13.3. The number of hydrogen-bond donors (Lipinski definition) is 1. The molecule has 1 atom stereocenters. The second-order valence-corrected chi connectivity index (χ2v) is 6.51. The lowest BCUT2D eigenvalue weighted by Gasteiger charge is -2.32. The van der Waals surface area contributed by atoms with E-state index in [1.54, 1.807) is 23.1 Å². The number of aromatic nitrogens is 3. The van der Waals surface area contributed by atoms with Gasteiger partial charge in [0.1, 0.15) is 18.5 Å². The van der Waals surface area contributed by atoms with Crippen molar-refractivity contribution in [1.29, 1.82) is 0 Å². The van der Waals surface area contributed by atoms with Gasteiger partial charge in [0.15, 0.2) is 0 Å². The van der Waals surface area contributed by atoms with Crippen molar-refractivity contribution in [3.05, 3.63) is 48.3 Å². The van der Waals surface area contributed by atoms with Gasteiger partial charge in [-0.25, -0.2) is 9.37 Å². The van der Waals surface area contributed by atoms with Crippen molar-refractivity contribution in [3.63, 3.8) is 0 Å². The fourth-order valence-electron chi connectivity index (χ4n) is 3.25. The predicted molar refractivity (Wildman–Crippen MR) is 92.0 cm³/mol. The summed E-state index contributed by atoms with van der Waals surface area (Å²) in [6.45, 7) is 3.75. The zero-order valence-corrected chi connectivity index (χ0v) is 14.3. The molecule has 134 valence electrons. The Bertz CT molecular complexity index is 676. The van der Waals surface area contributed by atoms with Gasteiger partial charge in [0.05, 0.1) is 5.92 Å². The second-order valence-electron chi connectivity index (χ2n) is 6.51. The zero-order valence-electron chi connectivity index (χ0n) is 14.3. The van der Waals surface area contributed by atoms with Crippen LogP contribution in [0.1, 0.15) is 24.8 Å². The molecule has 6 nitrogen and oxygen atoms in total. The first-order valence-electron chi connectivity index (χ1n) is 8.77. The number of amides is 1. The van der Waals surface area contributed by atoms with Crippen LogP contribution in [0, 0.1) is 11.7 Å². The van der Waals surface area contributed by atoms with Gasteiger partial charge in [-0.05, 0) is 43.5 Å². The standard InChI is InChI=1S/C18H24FN5O/c19-17-6-1-4-15(10-17)11-23-8-2-5-16(12-23)18(25)21-7-3-9-24-14-20-13-22-24/h1,4,6,10,13-14,16H,2-3,5,7-9,11-12H2,(H,21,25)/t16-/m0/s1. The Kier molecular flexibility index (Phi) is 6.11. The Morgan fingerprint density at radius 1 is 1.40 bits per heavy atom. The highest BCUT2D eigenvalue weighted by molar-refractivity contribution is 5.78. The molecule has 1 aromatic carbocycles. The number of nitrogens with zero attached hydrogens (tertiary/aromatic N) is 4. The van der Waals surface area contributed by atoms with Gasteiger partial charge in [-0.2, -0.15) is 5.10 Å². The quantitative estimate of drug-likeness (QED) is 0.778. The Morgan fingerprint density at radius 2 is 2.32 bits per heavy atom. The highest BCUT2D eigenvalue weighted by Gasteiger charge is 2.25. The van der Waals surface area contributed by atoms with E-state index in [-0.39, 0.29) is 17.6 Å². The molecule has 1 aliphatic heterocycles. The van der Waals surface area contributed by atoms with E-state index >= 15 is 0 Å². The third-order valence-electron chi connectivity index (χ3n) is 4.50. The smallest absolute Gasteiger partial charge is 0.224 e. The molecule has 0 bridgehead atoms. The van der Waals surface area contributed by atoms with Crippen LogP contribution < -0.4 is 5.32 Å². The van der Waals surface area contributed by atoms with Gasteiger partial charge < -0.3 is 5.32 Å². The molecule has 2 heterocycles. The molecule has 7 heteroatoms. The molecule has 25 heavy (non-hydrogen) atoms. The van der Waals surface area contributed by atoms with Crippen molar-refractivity contribution in [2.24, 2.45) is 5.92 Å². The molecule has 1 fully saturated rings. The summed E-state index contributed by atoms with van der Waals surface area (Å²) in [7, 11) is 0. The summed E-state index contributed by atoms with van der Waals surface area (Å²) in [6.07, 6.45) is 5.91. The first-order chi connectivity index (χ1) is 12.2. The predicted octanol–water partition coefficient (Wildman–Crippen LogP) is 1.84. The van der Waals surface area contributed by atoms with Crippen LogP contribution in [0.5, 0.6) is 0 Å². The van der Waals surface area contributed by atoms with E-state index < -0.39 is 0 Å². The largest absolute Gasteiger partial charge is 0.356 e. The number of benzene rings is 1. The number of rotatable bonds is 7. The average Bonchev–Trinajstić information content (AvgIpc) is 3.12. The molecule has 1 aromatic heterocycles. The van der Waals surface area contributed by atoms with Crippen LogP contribution >= 0.6 is 0 Å². The van der Waals surface area contributed by atoms with Gasteiger partial charge in [-0.3, -0.25) is 14.4 Å². The number of nitrogens with one attached hydrogen (secondary N) is 1. The van der Waals surface area contributed by atoms with Crippen LogP contribution in [-0.2, 0) is 17.9 Å². The minimum Gasteiger partial charge on any atom is -0.356 e. The maximum Gasteiger partial charge on any atom is 0.224 e. The molecular weight excluding hydrogens is 321 g/mol. The van der Waals surface area contributed by atoms with Gasteiger partial charge in [-0.1, -0.05) is 12.1 Å². The molecule has 1 N–H and O–H groups in total. The third kappa shape index (κ3) is 5.35. The molecule has 1 amide bonds. The number of carbonyl (C=O) groups excluding carboxylic acids is 1. The number of likely N-dealkylation sites (tertiary alicyclic amines) is 1. The molecule has 0 spiro atoms. The van der Waals surface area contributed by atoms with E-state index in [4.69, 9.17) is 0 Å². The van der Waals surface area contributed by atoms with Gasteiger partial charge in [0, 0.05) is 26.2 Å². The molecule has 0 unspecified atom stereocenters. The zero-order chi connectivity index (χ0) is 17.5. The number of carbonyl (C=O) groups is 1. The first kappa shape index (κ1) is 17.5. The van der Waals surface area contributed by atoms with E-state index in [1.165, 1.54) is 12.4 Å². The summed E-state index contributed by atoms with van der Waals surface area (Å²) < 4.78 is 15.1. The first-order valence-corrected chi connectivity index (χ1v) is 8.77. The van der Waals surface area contributed by atoms with Gasteiger partial charge in [0.2, 0.25) is 5.91 Å². The normalized spacial score (nSPS) is 18.2. The molecule has 2 aromatic rings. The van der Waals surface area contributed by atoms with Crippen LogP contribution in [0.2, 0.25) is 0 Å². The van der Waals surface area contributed by atoms with Gasteiger partial charge >= 0.3 is 0 Å². The van der Waals surface area contributed by atoms with Crippen molar-refractivity contribution in [2.75, 3.05) is 19.6 Å². The summed E-state index contributed by atoms with van der Waals surface area (Å²) in [5, 5.41) is 7.06. The third-order valence-corrected chi connectivity index (χ3v) is 4.50. The van der Waals surface area contributed by atoms with Gasteiger partial charge in [-0.15, -0.1) is 0 Å². The molecular formula is C18H24FN5O. The van der Waals surface area contributed by atoms with Crippen LogP contribution in [0.4, 0.5) is 4.39 Å². The minimum absolute atomic E-state index is 0.00804. The van der Waals surface area contributed by atoms with Crippen molar-refractivity contribution < 1.29 is 9.18 Å². The summed E-state index contributed by atoms with van der Waals surface area (Å²) in [5.74, 6) is -0.0904. The monoisotopic (exact) mass is 345 g/mol. The van der Waals surface area contributed by atoms with E-state index in [0.29, 0.717) is 13.1 Å². The van der Waals surface area contributed by atoms with Crippen LogP contribution in [0.3, 0.4) is 0 Å². The molecule has 0 saturated carbocycles. The van der Waals surface area contributed by atoms with Crippen LogP contribution in [0.25, 0.3) is 0 Å². The molecule has 1 saturated heterocycles. The van der Waals surface area contributed by atoms with E-state index in [2.05, 4.69) is 20.3 Å². The lowest BCUT2D eigenvalue weighted by Crippen LogP contribution is -2.43. The number of halogens is 1. The fourth-order valence-corrected chi connectivity index (χ4v) is 3.25. The highest BCUT2D eigenvalue weighted by atomic mass is 19.1. The number of piperidine rings is 1. The fraction of sp³-hybridized carbons (Fsp3) is 0.500. The Morgan fingerprint density at radius 3 is 3.12 bits per heavy atom. The Hall–Kier alpha value is -2.28. The summed E-state index contributed by atoms with van der Waals surface area (Å²) in [6, 6.07) is 6.67. The van der Waals surface area contributed by atoms with Crippen LogP contribution in [-0.4, -0.2) is 45.2 Å². The van der Waals surface area contributed by atoms with Crippen molar-refractivity contribution in [2.45, 2.75) is 32.4 Å². The number of aryl methyl sites for hydroxylation is 1. The van der Waals surface area contributed by atoms with Gasteiger partial charge in [0.25, 0.3) is 0 Å². The van der Waals surface area contributed by atoms with Crippen LogP contribution in [0.15, 0.2) is 36.9 Å². The topological polar surface area (TPSA) is 63.1 Å². The minimum atomic E-state index is -0.212.